The van der Waals surface area contributed by atoms with Gasteiger partial charge < -0.3 is 15.2 Å². The second-order valence-electron chi connectivity index (χ2n) is 6.70. The zero-order chi connectivity index (χ0) is 20.3. The fourth-order valence-electron chi connectivity index (χ4n) is 3.10. The Labute approximate surface area is 177 Å². The van der Waals surface area contributed by atoms with Gasteiger partial charge in [0.25, 0.3) is 0 Å². The lowest BCUT2D eigenvalue weighted by atomic mass is 9.98. The summed E-state index contributed by atoms with van der Waals surface area (Å²) in [5.41, 5.74) is 4.92. The molecule has 5 nitrogen and oxygen atoms in total. The van der Waals surface area contributed by atoms with Crippen molar-refractivity contribution >= 4 is 17.7 Å². The molecule has 3 aromatic rings. The molecule has 152 valence electrons. The van der Waals surface area contributed by atoms with Gasteiger partial charge in [-0.2, -0.15) is 11.8 Å². The molecule has 1 heterocycles. The summed E-state index contributed by atoms with van der Waals surface area (Å²) in [5.74, 6) is 1.93. The van der Waals surface area contributed by atoms with E-state index in [2.05, 4.69) is 81.9 Å². The van der Waals surface area contributed by atoms with E-state index in [1.54, 1.807) is 0 Å². The lowest BCUT2D eigenvalue weighted by Gasteiger charge is -2.12. The van der Waals surface area contributed by atoms with Crippen LogP contribution in [0.15, 0.2) is 72.2 Å². The van der Waals surface area contributed by atoms with Crippen molar-refractivity contribution in [3.63, 3.8) is 0 Å². The first-order chi connectivity index (χ1) is 14.3. The third kappa shape index (κ3) is 6.39. The van der Waals surface area contributed by atoms with E-state index in [0.29, 0.717) is 6.54 Å². The summed E-state index contributed by atoms with van der Waals surface area (Å²) in [5, 5.41) is 6.71. The van der Waals surface area contributed by atoms with Crippen molar-refractivity contribution in [3.8, 4) is 11.1 Å². The van der Waals surface area contributed by atoms with Crippen LogP contribution in [-0.4, -0.2) is 40.6 Å². The summed E-state index contributed by atoms with van der Waals surface area (Å²) in [6, 6.07) is 17.2. The molecule has 1 aromatic heterocycles. The Morgan fingerprint density at radius 2 is 1.93 bits per heavy atom. The number of hydrogen-bond donors (Lipinski definition) is 2. The summed E-state index contributed by atoms with van der Waals surface area (Å²) in [6.07, 6.45) is 7.75. The number of aliphatic imine (C=N–C) groups is 1. The van der Waals surface area contributed by atoms with Gasteiger partial charge in [0.2, 0.25) is 0 Å². The van der Waals surface area contributed by atoms with Crippen LogP contribution in [-0.2, 0) is 13.1 Å². The second kappa shape index (κ2) is 11.3. The van der Waals surface area contributed by atoms with Crippen molar-refractivity contribution in [1.82, 2.24) is 20.2 Å². The zero-order valence-electron chi connectivity index (χ0n) is 17.1. The minimum absolute atomic E-state index is 0.640. The number of guanidine groups is 1. The van der Waals surface area contributed by atoms with Crippen molar-refractivity contribution in [2.75, 3.05) is 25.1 Å². The van der Waals surface area contributed by atoms with Crippen LogP contribution in [0, 0.1) is 0 Å². The first-order valence-electron chi connectivity index (χ1n) is 9.94. The number of thioether (sulfide) groups is 1. The Bertz CT molecular complexity index is 888. The van der Waals surface area contributed by atoms with Gasteiger partial charge in [-0.05, 0) is 35.4 Å². The Morgan fingerprint density at radius 3 is 2.66 bits per heavy atom. The highest BCUT2D eigenvalue weighted by molar-refractivity contribution is 7.98. The third-order valence-electron chi connectivity index (χ3n) is 4.56. The van der Waals surface area contributed by atoms with Gasteiger partial charge in [-0.3, -0.25) is 0 Å². The van der Waals surface area contributed by atoms with Gasteiger partial charge in [0.1, 0.15) is 0 Å². The standard InChI is InChI=1S/C23H29N5S/c1-3-25-23(26-13-15-29-2)27-16-21-6-4-5-7-22(21)20-10-8-19(9-11-20)17-28-14-12-24-18-28/h4-12,14,18H,3,13,15-17H2,1-2H3,(H2,25,26,27). The van der Waals surface area contributed by atoms with E-state index in [1.807, 2.05) is 30.5 Å². The Hall–Kier alpha value is -2.73. The van der Waals surface area contributed by atoms with E-state index < -0.39 is 0 Å². The van der Waals surface area contributed by atoms with E-state index in [9.17, 15) is 0 Å². The highest BCUT2D eigenvalue weighted by atomic mass is 32.2. The summed E-state index contributed by atoms with van der Waals surface area (Å²) in [7, 11) is 0. The van der Waals surface area contributed by atoms with Gasteiger partial charge in [0.15, 0.2) is 5.96 Å². The summed E-state index contributed by atoms with van der Waals surface area (Å²) < 4.78 is 2.07. The van der Waals surface area contributed by atoms with Gasteiger partial charge >= 0.3 is 0 Å². The zero-order valence-corrected chi connectivity index (χ0v) is 18.0. The lowest BCUT2D eigenvalue weighted by Crippen LogP contribution is -2.38. The molecule has 3 rings (SSSR count). The predicted octanol–water partition coefficient (Wildman–Crippen LogP) is 4.02. The topological polar surface area (TPSA) is 54.2 Å². The summed E-state index contributed by atoms with van der Waals surface area (Å²) in [6.45, 7) is 5.32. The van der Waals surface area contributed by atoms with Crippen LogP contribution in [0.1, 0.15) is 18.1 Å². The maximum Gasteiger partial charge on any atom is 0.191 e. The molecule has 0 aliphatic carbocycles. The van der Waals surface area contributed by atoms with Gasteiger partial charge in [0.05, 0.1) is 12.9 Å². The molecule has 2 N–H and O–H groups in total. The van der Waals surface area contributed by atoms with E-state index in [4.69, 9.17) is 4.99 Å². The van der Waals surface area contributed by atoms with Crippen molar-refractivity contribution in [1.29, 1.82) is 0 Å². The molecule has 6 heteroatoms. The number of hydrogen-bond acceptors (Lipinski definition) is 3. The number of nitrogens with zero attached hydrogens (tertiary/aromatic N) is 3. The molecule has 2 aromatic carbocycles. The van der Waals surface area contributed by atoms with Crippen molar-refractivity contribution in [2.45, 2.75) is 20.0 Å². The van der Waals surface area contributed by atoms with Crippen LogP contribution in [0.4, 0.5) is 0 Å². The van der Waals surface area contributed by atoms with Gasteiger partial charge in [0, 0.05) is 37.8 Å². The largest absolute Gasteiger partial charge is 0.357 e. The first-order valence-corrected chi connectivity index (χ1v) is 11.3. The highest BCUT2D eigenvalue weighted by Gasteiger charge is 2.06. The van der Waals surface area contributed by atoms with Crippen LogP contribution in [0.25, 0.3) is 11.1 Å². The second-order valence-corrected chi connectivity index (χ2v) is 7.69. The fourth-order valence-corrected chi connectivity index (χ4v) is 3.40. The molecule has 0 aliphatic rings. The molecule has 0 fully saturated rings. The minimum atomic E-state index is 0.640. The quantitative estimate of drug-likeness (QED) is 0.320. The molecular weight excluding hydrogens is 378 g/mol. The number of imidazole rings is 1. The highest BCUT2D eigenvalue weighted by Crippen LogP contribution is 2.25. The molecule has 0 saturated carbocycles. The summed E-state index contributed by atoms with van der Waals surface area (Å²) >= 11 is 1.83. The maximum absolute atomic E-state index is 4.78. The van der Waals surface area contributed by atoms with E-state index in [1.165, 1.54) is 22.3 Å². The third-order valence-corrected chi connectivity index (χ3v) is 5.17. The van der Waals surface area contributed by atoms with Crippen LogP contribution in [0.3, 0.4) is 0 Å². The van der Waals surface area contributed by atoms with Gasteiger partial charge in [-0.15, -0.1) is 0 Å². The van der Waals surface area contributed by atoms with Gasteiger partial charge in [-0.1, -0.05) is 48.5 Å². The van der Waals surface area contributed by atoms with Crippen LogP contribution < -0.4 is 10.6 Å². The Kier molecular flexibility index (Phi) is 8.19. The Morgan fingerprint density at radius 1 is 1.10 bits per heavy atom. The predicted molar refractivity (Wildman–Crippen MR) is 124 cm³/mol. The minimum Gasteiger partial charge on any atom is -0.357 e. The fraction of sp³-hybridized carbons (Fsp3) is 0.304. The Balaban J connectivity index is 1.73. The molecule has 0 atom stereocenters. The van der Waals surface area contributed by atoms with Crippen molar-refractivity contribution in [3.05, 3.63) is 78.4 Å². The van der Waals surface area contributed by atoms with E-state index in [-0.39, 0.29) is 0 Å². The number of aromatic nitrogens is 2. The maximum atomic E-state index is 4.78. The molecule has 0 spiro atoms. The first kappa shape index (κ1) is 21.0. The number of nitrogens with one attached hydrogen (secondary N) is 2. The molecule has 0 saturated heterocycles. The molecule has 29 heavy (non-hydrogen) atoms. The average molecular weight is 408 g/mol. The van der Waals surface area contributed by atoms with Crippen LogP contribution in [0.2, 0.25) is 0 Å². The molecule has 0 aliphatic heterocycles. The number of rotatable bonds is 9. The SMILES string of the molecule is CCNC(=NCc1ccccc1-c1ccc(Cn2ccnc2)cc1)NCCSC. The smallest absolute Gasteiger partial charge is 0.191 e. The van der Waals surface area contributed by atoms with Crippen LogP contribution >= 0.6 is 11.8 Å². The van der Waals surface area contributed by atoms with Crippen molar-refractivity contribution < 1.29 is 0 Å². The van der Waals surface area contributed by atoms with Crippen molar-refractivity contribution in [2.24, 2.45) is 4.99 Å². The lowest BCUT2D eigenvalue weighted by molar-refractivity contribution is 0.797. The molecule has 0 amide bonds. The normalized spacial score (nSPS) is 11.4. The molecular formula is C23H29N5S. The monoisotopic (exact) mass is 407 g/mol. The van der Waals surface area contributed by atoms with E-state index >= 15 is 0 Å². The summed E-state index contributed by atoms with van der Waals surface area (Å²) in [4.78, 5) is 8.89. The van der Waals surface area contributed by atoms with Crippen LogP contribution in [0.5, 0.6) is 0 Å². The number of benzene rings is 2. The average Bonchev–Trinajstić information content (AvgIpc) is 3.26. The van der Waals surface area contributed by atoms with E-state index in [0.717, 1.165) is 31.3 Å². The molecule has 0 bridgehead atoms. The molecule has 0 unspecified atom stereocenters. The molecule has 0 radical (unpaired) electrons. The van der Waals surface area contributed by atoms with Gasteiger partial charge in [-0.25, -0.2) is 9.98 Å².